The number of ether oxygens (including phenoxy) is 1. The molecule has 1 atom stereocenters. The second kappa shape index (κ2) is 6.43. The minimum absolute atomic E-state index is 0.0794. The van der Waals surface area contributed by atoms with E-state index >= 15 is 0 Å². The quantitative estimate of drug-likeness (QED) is 0.673. The number of carbonyl (C=O) groups is 1. The van der Waals surface area contributed by atoms with Gasteiger partial charge in [-0.25, -0.2) is 9.78 Å². The molecule has 1 aromatic carbocycles. The minimum atomic E-state index is -1.09. The molecule has 3 aromatic rings. The maximum atomic E-state index is 12.0. The molecule has 0 amide bonds. The molecule has 0 radical (unpaired) electrons. The Labute approximate surface area is 137 Å². The van der Waals surface area contributed by atoms with Gasteiger partial charge in [-0.15, -0.1) is 11.3 Å². The summed E-state index contributed by atoms with van der Waals surface area (Å²) in [5, 5.41) is 1.76. The molecule has 0 N–H and O–H groups in total. The fraction of sp³-hybridized carbons (Fsp3) is 0.133. The normalized spacial score (nSPS) is 12.2. The monoisotopic (exact) mass is 348 g/mol. The van der Waals surface area contributed by atoms with Crippen LogP contribution in [0.2, 0.25) is 0 Å². The van der Waals surface area contributed by atoms with Gasteiger partial charge in [0.25, 0.3) is 5.56 Å². The second-order valence-electron chi connectivity index (χ2n) is 4.70. The number of aromatic nitrogens is 2. The van der Waals surface area contributed by atoms with E-state index in [2.05, 4.69) is 4.98 Å². The first-order chi connectivity index (χ1) is 11.0. The van der Waals surface area contributed by atoms with E-state index in [1.165, 1.54) is 21.8 Å². The highest BCUT2D eigenvalue weighted by Crippen LogP contribution is 2.11. The summed E-state index contributed by atoms with van der Waals surface area (Å²) < 4.78 is 17.9. The lowest BCUT2D eigenvalue weighted by molar-refractivity contribution is 0.0467. The van der Waals surface area contributed by atoms with Crippen LogP contribution in [0.15, 0.2) is 51.6 Å². The SMILES string of the molecule is C[S@@](=O)c1ccc(C(=O)OCc2cc(=O)n3ccsc3n2)cc1. The van der Waals surface area contributed by atoms with E-state index in [4.69, 9.17) is 4.74 Å². The number of thiazole rings is 1. The lowest BCUT2D eigenvalue weighted by Crippen LogP contribution is -2.14. The van der Waals surface area contributed by atoms with Crippen molar-refractivity contribution in [2.45, 2.75) is 11.5 Å². The summed E-state index contributed by atoms with van der Waals surface area (Å²) in [5.41, 5.74) is 0.544. The number of benzene rings is 1. The molecule has 0 saturated heterocycles. The van der Waals surface area contributed by atoms with Crippen molar-refractivity contribution in [2.75, 3.05) is 6.26 Å². The Bertz CT molecular complexity index is 944. The van der Waals surface area contributed by atoms with Gasteiger partial charge in [0.1, 0.15) is 6.61 Å². The smallest absolute Gasteiger partial charge is 0.338 e. The summed E-state index contributed by atoms with van der Waals surface area (Å²) >= 11 is 1.33. The van der Waals surface area contributed by atoms with Gasteiger partial charge >= 0.3 is 5.97 Å². The van der Waals surface area contributed by atoms with E-state index in [0.717, 1.165) is 0 Å². The summed E-state index contributed by atoms with van der Waals surface area (Å²) in [5.74, 6) is -0.522. The second-order valence-corrected chi connectivity index (χ2v) is 6.95. The third kappa shape index (κ3) is 3.38. The third-order valence-corrected chi connectivity index (χ3v) is 4.82. The van der Waals surface area contributed by atoms with Gasteiger partial charge in [-0.1, -0.05) is 0 Å². The van der Waals surface area contributed by atoms with Crippen molar-refractivity contribution in [3.63, 3.8) is 0 Å². The largest absolute Gasteiger partial charge is 0.456 e. The molecule has 2 heterocycles. The number of hydrogen-bond acceptors (Lipinski definition) is 6. The maximum absolute atomic E-state index is 12.0. The van der Waals surface area contributed by atoms with Gasteiger partial charge in [-0.3, -0.25) is 13.4 Å². The molecule has 0 fully saturated rings. The molecule has 0 aliphatic rings. The van der Waals surface area contributed by atoms with E-state index in [1.807, 2.05) is 0 Å². The van der Waals surface area contributed by atoms with Crippen LogP contribution in [-0.2, 0) is 22.1 Å². The van der Waals surface area contributed by atoms with Crippen LogP contribution in [0.1, 0.15) is 16.1 Å². The first-order valence-electron chi connectivity index (χ1n) is 6.61. The number of rotatable bonds is 4. The Morgan fingerprint density at radius 3 is 2.78 bits per heavy atom. The Kier molecular flexibility index (Phi) is 4.35. The lowest BCUT2D eigenvalue weighted by atomic mass is 10.2. The number of carbonyl (C=O) groups excluding carboxylic acids is 1. The predicted molar refractivity (Wildman–Crippen MR) is 87.2 cm³/mol. The van der Waals surface area contributed by atoms with Crippen molar-refractivity contribution < 1.29 is 13.7 Å². The minimum Gasteiger partial charge on any atom is -0.456 e. The molecular formula is C15H12N2O4S2. The van der Waals surface area contributed by atoms with Crippen LogP contribution in [0.3, 0.4) is 0 Å². The molecule has 0 saturated carbocycles. The van der Waals surface area contributed by atoms with Crippen molar-refractivity contribution in [1.29, 1.82) is 0 Å². The number of nitrogens with zero attached hydrogens (tertiary/aromatic N) is 2. The summed E-state index contributed by atoms with van der Waals surface area (Å²) in [6.45, 7) is -0.0794. The average molecular weight is 348 g/mol. The van der Waals surface area contributed by atoms with Gasteiger partial charge in [0.15, 0.2) is 4.96 Å². The molecule has 0 aliphatic heterocycles. The molecule has 23 heavy (non-hydrogen) atoms. The van der Waals surface area contributed by atoms with E-state index in [9.17, 15) is 13.8 Å². The van der Waals surface area contributed by atoms with Crippen LogP contribution in [0.25, 0.3) is 4.96 Å². The zero-order valence-electron chi connectivity index (χ0n) is 12.1. The van der Waals surface area contributed by atoms with E-state index in [0.29, 0.717) is 21.1 Å². The highest BCUT2D eigenvalue weighted by Gasteiger charge is 2.10. The van der Waals surface area contributed by atoms with Crippen LogP contribution < -0.4 is 5.56 Å². The molecule has 0 spiro atoms. The summed E-state index contributed by atoms with van der Waals surface area (Å²) in [7, 11) is -1.09. The van der Waals surface area contributed by atoms with Gasteiger partial charge in [0, 0.05) is 39.6 Å². The molecule has 118 valence electrons. The molecular weight excluding hydrogens is 336 g/mol. The Morgan fingerprint density at radius 1 is 1.35 bits per heavy atom. The van der Waals surface area contributed by atoms with Crippen LogP contribution in [0.4, 0.5) is 0 Å². The molecule has 8 heteroatoms. The standard InChI is InChI=1S/C15H12N2O4S2/c1-23(20)12-4-2-10(3-5-12)14(19)21-9-11-8-13(18)17-6-7-22-15(17)16-11/h2-8H,9H2,1H3/t23-/m1/s1. The third-order valence-electron chi connectivity index (χ3n) is 3.13. The lowest BCUT2D eigenvalue weighted by Gasteiger charge is -2.05. The molecule has 0 unspecified atom stereocenters. The molecule has 0 aliphatic carbocycles. The summed E-state index contributed by atoms with van der Waals surface area (Å²) in [4.78, 5) is 29.3. The van der Waals surface area contributed by atoms with Crippen molar-refractivity contribution >= 4 is 33.1 Å². The van der Waals surface area contributed by atoms with Crippen LogP contribution in [0, 0.1) is 0 Å². The fourth-order valence-electron chi connectivity index (χ4n) is 1.97. The van der Waals surface area contributed by atoms with Crippen LogP contribution >= 0.6 is 11.3 Å². The van der Waals surface area contributed by atoms with E-state index < -0.39 is 16.8 Å². The Balaban J connectivity index is 1.72. The number of hydrogen-bond donors (Lipinski definition) is 0. The maximum Gasteiger partial charge on any atom is 0.338 e. The van der Waals surface area contributed by atoms with E-state index in [1.54, 1.807) is 42.1 Å². The highest BCUT2D eigenvalue weighted by molar-refractivity contribution is 7.84. The average Bonchev–Trinajstić information content (AvgIpc) is 3.02. The van der Waals surface area contributed by atoms with Gasteiger partial charge in [0.2, 0.25) is 0 Å². The first kappa shape index (κ1) is 15.6. The topological polar surface area (TPSA) is 77.7 Å². The number of fused-ring (bicyclic) bond motifs is 1. The summed E-state index contributed by atoms with van der Waals surface area (Å²) in [6.07, 6.45) is 3.21. The van der Waals surface area contributed by atoms with Gasteiger partial charge in [-0.05, 0) is 24.3 Å². The van der Waals surface area contributed by atoms with Gasteiger partial charge < -0.3 is 4.74 Å². The Morgan fingerprint density at radius 2 is 2.09 bits per heavy atom. The van der Waals surface area contributed by atoms with E-state index in [-0.39, 0.29) is 12.2 Å². The van der Waals surface area contributed by atoms with Crippen LogP contribution in [0.5, 0.6) is 0 Å². The van der Waals surface area contributed by atoms with Crippen molar-refractivity contribution in [3.05, 3.63) is 63.5 Å². The zero-order valence-corrected chi connectivity index (χ0v) is 13.7. The fourth-order valence-corrected chi connectivity index (χ4v) is 3.23. The molecule has 2 aromatic heterocycles. The van der Waals surface area contributed by atoms with Crippen molar-refractivity contribution in [2.24, 2.45) is 0 Å². The molecule has 3 rings (SSSR count). The van der Waals surface area contributed by atoms with Crippen molar-refractivity contribution in [1.82, 2.24) is 9.38 Å². The number of esters is 1. The molecule has 0 bridgehead atoms. The molecule has 6 nitrogen and oxygen atoms in total. The first-order valence-corrected chi connectivity index (χ1v) is 9.05. The van der Waals surface area contributed by atoms with Gasteiger partial charge in [-0.2, -0.15) is 0 Å². The summed E-state index contributed by atoms with van der Waals surface area (Å²) in [6, 6.07) is 7.70. The predicted octanol–water partition coefficient (Wildman–Crippen LogP) is 1.85. The highest BCUT2D eigenvalue weighted by atomic mass is 32.2. The Hall–Kier alpha value is -2.32. The zero-order chi connectivity index (χ0) is 16.4. The van der Waals surface area contributed by atoms with Crippen molar-refractivity contribution in [3.8, 4) is 0 Å². The van der Waals surface area contributed by atoms with Crippen LogP contribution in [-0.4, -0.2) is 25.8 Å². The van der Waals surface area contributed by atoms with Gasteiger partial charge in [0.05, 0.1) is 11.3 Å².